The molecular formula is C12H18N2S2. The van der Waals surface area contributed by atoms with E-state index in [0.717, 1.165) is 5.17 Å². The minimum absolute atomic E-state index is 0.367. The number of nitrogens with zero attached hydrogens (tertiary/aromatic N) is 1. The first-order chi connectivity index (χ1) is 7.66. The van der Waals surface area contributed by atoms with Crippen molar-refractivity contribution < 1.29 is 0 Å². The highest BCUT2D eigenvalue weighted by Crippen LogP contribution is 2.24. The molecule has 1 aliphatic heterocycles. The maximum Gasteiger partial charge on any atom is 0.157 e. The van der Waals surface area contributed by atoms with Gasteiger partial charge in [0, 0.05) is 10.6 Å². The van der Waals surface area contributed by atoms with Crippen molar-refractivity contribution in [1.29, 1.82) is 0 Å². The predicted molar refractivity (Wildman–Crippen MR) is 74.4 cm³/mol. The van der Waals surface area contributed by atoms with Crippen molar-refractivity contribution in [3.05, 3.63) is 22.4 Å². The van der Waals surface area contributed by atoms with Crippen LogP contribution in [0.5, 0.6) is 0 Å². The molecule has 2 nitrogen and oxygen atoms in total. The highest BCUT2D eigenvalue weighted by molar-refractivity contribution is 8.13. The molecule has 2 rings (SSSR count). The van der Waals surface area contributed by atoms with Crippen LogP contribution in [0.3, 0.4) is 0 Å². The summed E-state index contributed by atoms with van der Waals surface area (Å²) in [6, 6.07) is 5.08. The minimum atomic E-state index is 0.367. The quantitative estimate of drug-likeness (QED) is 0.873. The van der Waals surface area contributed by atoms with Crippen molar-refractivity contribution in [2.75, 3.05) is 5.75 Å². The molecule has 0 fully saturated rings. The molecule has 3 unspecified atom stereocenters. The number of nitrogens with one attached hydrogen (secondary N) is 1. The highest BCUT2D eigenvalue weighted by Gasteiger charge is 2.20. The van der Waals surface area contributed by atoms with Crippen molar-refractivity contribution in [3.8, 4) is 0 Å². The fourth-order valence-corrected chi connectivity index (χ4v) is 3.51. The van der Waals surface area contributed by atoms with Gasteiger partial charge in [0.25, 0.3) is 0 Å². The maximum absolute atomic E-state index is 4.69. The summed E-state index contributed by atoms with van der Waals surface area (Å²) in [7, 11) is 0. The third kappa shape index (κ3) is 2.80. The van der Waals surface area contributed by atoms with Crippen LogP contribution in [0.1, 0.15) is 31.7 Å². The van der Waals surface area contributed by atoms with Crippen molar-refractivity contribution in [2.45, 2.75) is 32.9 Å². The van der Waals surface area contributed by atoms with E-state index in [1.54, 1.807) is 11.3 Å². The molecular weight excluding hydrogens is 236 g/mol. The van der Waals surface area contributed by atoms with E-state index in [1.807, 2.05) is 11.8 Å². The number of thioether (sulfide) groups is 1. The van der Waals surface area contributed by atoms with Crippen LogP contribution in [-0.4, -0.2) is 17.0 Å². The number of amidine groups is 1. The molecule has 1 aromatic heterocycles. The van der Waals surface area contributed by atoms with Gasteiger partial charge in [-0.1, -0.05) is 24.8 Å². The Hall–Kier alpha value is -0.480. The molecule has 0 aromatic carbocycles. The molecule has 0 bridgehead atoms. The molecule has 0 aliphatic carbocycles. The van der Waals surface area contributed by atoms with Crippen LogP contribution >= 0.6 is 23.1 Å². The van der Waals surface area contributed by atoms with Gasteiger partial charge in [0.1, 0.15) is 0 Å². The van der Waals surface area contributed by atoms with Gasteiger partial charge in [0.15, 0.2) is 5.17 Å². The highest BCUT2D eigenvalue weighted by atomic mass is 32.2. The molecule has 2 heterocycles. The van der Waals surface area contributed by atoms with Gasteiger partial charge in [-0.15, -0.1) is 11.3 Å². The number of rotatable bonds is 2. The van der Waals surface area contributed by atoms with Crippen LogP contribution in [-0.2, 0) is 0 Å². The van der Waals surface area contributed by atoms with Gasteiger partial charge in [0.2, 0.25) is 0 Å². The molecule has 16 heavy (non-hydrogen) atoms. The zero-order valence-electron chi connectivity index (χ0n) is 9.93. The second-order valence-corrected chi connectivity index (χ2v) is 6.33. The molecule has 1 aliphatic rings. The largest absolute Gasteiger partial charge is 0.358 e. The average molecular weight is 254 g/mol. The first-order valence-corrected chi connectivity index (χ1v) is 7.54. The second-order valence-electron chi connectivity index (χ2n) is 4.34. The molecule has 1 aromatic rings. The summed E-state index contributed by atoms with van der Waals surface area (Å²) in [5.74, 6) is 1.86. The Balaban J connectivity index is 1.98. The summed E-state index contributed by atoms with van der Waals surface area (Å²) in [5, 5.41) is 6.72. The van der Waals surface area contributed by atoms with Crippen LogP contribution < -0.4 is 5.32 Å². The lowest BCUT2D eigenvalue weighted by atomic mass is 10.1. The van der Waals surface area contributed by atoms with Gasteiger partial charge >= 0.3 is 0 Å². The Morgan fingerprint density at radius 3 is 2.94 bits per heavy atom. The fourth-order valence-electron chi connectivity index (χ4n) is 1.57. The second kappa shape index (κ2) is 5.23. The Morgan fingerprint density at radius 2 is 2.31 bits per heavy atom. The predicted octanol–water partition coefficient (Wildman–Crippen LogP) is 3.53. The lowest BCUT2D eigenvalue weighted by Crippen LogP contribution is -2.31. The van der Waals surface area contributed by atoms with Crippen molar-refractivity contribution in [1.82, 2.24) is 5.32 Å². The average Bonchev–Trinajstić information content (AvgIpc) is 2.77. The first-order valence-electron chi connectivity index (χ1n) is 5.67. The summed E-state index contributed by atoms with van der Waals surface area (Å²) < 4.78 is 0. The topological polar surface area (TPSA) is 24.4 Å². The van der Waals surface area contributed by atoms with E-state index in [2.05, 4.69) is 48.6 Å². The fraction of sp³-hybridized carbons (Fsp3) is 0.583. The monoisotopic (exact) mass is 254 g/mol. The molecule has 0 saturated carbocycles. The van der Waals surface area contributed by atoms with Crippen LogP contribution in [0.15, 0.2) is 22.5 Å². The van der Waals surface area contributed by atoms with E-state index in [1.165, 1.54) is 10.6 Å². The van der Waals surface area contributed by atoms with Crippen molar-refractivity contribution in [2.24, 2.45) is 10.9 Å². The summed E-state index contributed by atoms with van der Waals surface area (Å²) in [4.78, 5) is 6.06. The summed E-state index contributed by atoms with van der Waals surface area (Å²) in [6.07, 6.45) is 0. The van der Waals surface area contributed by atoms with Crippen LogP contribution in [0.2, 0.25) is 0 Å². The molecule has 1 N–H and O–H groups in total. The van der Waals surface area contributed by atoms with E-state index in [-0.39, 0.29) is 0 Å². The zero-order chi connectivity index (χ0) is 11.5. The molecule has 4 heteroatoms. The van der Waals surface area contributed by atoms with Gasteiger partial charge < -0.3 is 5.32 Å². The molecule has 3 atom stereocenters. The minimum Gasteiger partial charge on any atom is -0.358 e. The molecule has 0 radical (unpaired) electrons. The SMILES string of the molecule is CC(NC1=NC(C)C(C)CS1)c1cccs1. The van der Waals surface area contributed by atoms with Crippen LogP contribution in [0.25, 0.3) is 0 Å². The van der Waals surface area contributed by atoms with Crippen LogP contribution in [0.4, 0.5) is 0 Å². The number of aliphatic imine (C=N–C) groups is 1. The van der Waals surface area contributed by atoms with E-state index < -0.39 is 0 Å². The number of thiophene rings is 1. The third-order valence-corrected chi connectivity index (χ3v) is 5.18. The van der Waals surface area contributed by atoms with Crippen LogP contribution in [0, 0.1) is 5.92 Å². The van der Waals surface area contributed by atoms with E-state index in [4.69, 9.17) is 0 Å². The standard InChI is InChI=1S/C12H18N2S2/c1-8-7-16-12(13-9(8)2)14-10(3)11-5-4-6-15-11/h4-6,8-10H,7H2,1-3H3,(H,13,14). The molecule has 0 spiro atoms. The van der Waals surface area contributed by atoms with Gasteiger partial charge in [0.05, 0.1) is 12.1 Å². The lowest BCUT2D eigenvalue weighted by molar-refractivity contribution is 0.532. The first kappa shape index (κ1) is 12.0. The molecule has 0 amide bonds. The summed E-state index contributed by atoms with van der Waals surface area (Å²) in [5.41, 5.74) is 0. The normalized spacial score (nSPS) is 27.3. The molecule has 0 saturated heterocycles. The van der Waals surface area contributed by atoms with Gasteiger partial charge in [-0.2, -0.15) is 0 Å². The zero-order valence-corrected chi connectivity index (χ0v) is 11.6. The Bertz CT molecular complexity index is 359. The number of hydrogen-bond acceptors (Lipinski definition) is 4. The van der Waals surface area contributed by atoms with Gasteiger partial charge in [-0.25, -0.2) is 0 Å². The Morgan fingerprint density at radius 1 is 1.50 bits per heavy atom. The lowest BCUT2D eigenvalue weighted by Gasteiger charge is -2.25. The third-order valence-electron chi connectivity index (χ3n) is 2.94. The Kier molecular flexibility index (Phi) is 3.92. The number of hydrogen-bond donors (Lipinski definition) is 1. The van der Waals surface area contributed by atoms with E-state index in [9.17, 15) is 0 Å². The summed E-state index contributed by atoms with van der Waals surface area (Å²) >= 11 is 3.64. The van der Waals surface area contributed by atoms with Crippen molar-refractivity contribution in [3.63, 3.8) is 0 Å². The van der Waals surface area contributed by atoms with Gasteiger partial charge in [-0.05, 0) is 31.2 Å². The van der Waals surface area contributed by atoms with E-state index in [0.29, 0.717) is 18.0 Å². The smallest absolute Gasteiger partial charge is 0.157 e. The maximum atomic E-state index is 4.69. The Labute approximate surface area is 106 Å². The van der Waals surface area contributed by atoms with Crippen molar-refractivity contribution >= 4 is 28.3 Å². The van der Waals surface area contributed by atoms with Gasteiger partial charge in [-0.3, -0.25) is 4.99 Å². The summed E-state index contributed by atoms with van der Waals surface area (Å²) in [6.45, 7) is 6.65. The van der Waals surface area contributed by atoms with E-state index >= 15 is 0 Å². The molecule has 88 valence electrons.